The Kier molecular flexibility index (Phi) is 7.45. The van der Waals surface area contributed by atoms with Gasteiger partial charge in [-0.15, -0.1) is 0 Å². The summed E-state index contributed by atoms with van der Waals surface area (Å²) in [7, 11) is 0. The van der Waals surface area contributed by atoms with Crippen molar-refractivity contribution in [3.63, 3.8) is 0 Å². The van der Waals surface area contributed by atoms with E-state index in [1.807, 2.05) is 23.1 Å². The molecule has 14 heteroatoms. The fourth-order valence-corrected chi connectivity index (χ4v) is 6.87. The van der Waals surface area contributed by atoms with Gasteiger partial charge in [0.25, 0.3) is 0 Å². The fraction of sp³-hybridized carbons (Fsp3) is 0.533. The van der Waals surface area contributed by atoms with E-state index in [4.69, 9.17) is 4.74 Å². The van der Waals surface area contributed by atoms with Crippen LogP contribution in [0.15, 0.2) is 37.1 Å². The molecule has 7 rings (SSSR count). The van der Waals surface area contributed by atoms with Crippen molar-refractivity contribution in [1.29, 1.82) is 5.26 Å². The zero-order chi connectivity index (χ0) is 30.3. The van der Waals surface area contributed by atoms with E-state index in [0.717, 1.165) is 61.1 Å². The van der Waals surface area contributed by atoms with E-state index < -0.39 is 17.5 Å². The molecule has 0 amide bonds. The lowest BCUT2D eigenvalue weighted by Gasteiger charge is -2.53. The van der Waals surface area contributed by atoms with E-state index in [1.165, 1.54) is 6.33 Å². The number of nitriles is 1. The minimum atomic E-state index is -4.64. The van der Waals surface area contributed by atoms with Gasteiger partial charge in [0.05, 0.1) is 30.1 Å². The van der Waals surface area contributed by atoms with Crippen LogP contribution in [0.25, 0.3) is 22.3 Å². The molecular weight excluding hydrogens is 573 g/mol. The van der Waals surface area contributed by atoms with Crippen LogP contribution in [-0.2, 0) is 18.3 Å². The van der Waals surface area contributed by atoms with Crippen LogP contribution in [0.1, 0.15) is 56.5 Å². The minimum absolute atomic E-state index is 0.00273. The first-order valence-electron chi connectivity index (χ1n) is 15.1. The van der Waals surface area contributed by atoms with Gasteiger partial charge in [0.1, 0.15) is 23.6 Å². The SMILES string of the molecule is N#CCC1(n2cc(-c3ncnc4[nH]ccc34)cn2)CN([C@H]2CC[C@@H](Oc3cc(CN4CCCC4)nc(C(F)(F)F)n3)CC2)C1. The molecule has 1 aliphatic carbocycles. The van der Waals surface area contributed by atoms with Crippen molar-refractivity contribution >= 4 is 11.0 Å². The average molecular weight is 607 g/mol. The molecule has 11 nitrogen and oxygen atoms in total. The first-order chi connectivity index (χ1) is 21.3. The minimum Gasteiger partial charge on any atom is -0.474 e. The largest absolute Gasteiger partial charge is 0.474 e. The Morgan fingerprint density at radius 1 is 1.09 bits per heavy atom. The molecule has 1 N–H and O–H groups in total. The van der Waals surface area contributed by atoms with Gasteiger partial charge in [0.15, 0.2) is 0 Å². The van der Waals surface area contributed by atoms with Crippen molar-refractivity contribution in [2.75, 3.05) is 26.2 Å². The van der Waals surface area contributed by atoms with Crippen molar-refractivity contribution in [1.82, 2.24) is 44.5 Å². The smallest absolute Gasteiger partial charge is 0.451 e. The number of ether oxygens (including phenoxy) is 1. The second-order valence-electron chi connectivity index (χ2n) is 12.2. The molecule has 0 radical (unpaired) electrons. The average Bonchev–Trinajstić information content (AvgIpc) is 3.77. The fourth-order valence-electron chi connectivity index (χ4n) is 6.87. The molecule has 3 fully saturated rings. The van der Waals surface area contributed by atoms with Crippen LogP contribution < -0.4 is 4.74 Å². The van der Waals surface area contributed by atoms with E-state index in [9.17, 15) is 18.4 Å². The number of hydrogen-bond donors (Lipinski definition) is 1. The molecule has 2 saturated heterocycles. The lowest BCUT2D eigenvalue weighted by molar-refractivity contribution is -0.145. The van der Waals surface area contributed by atoms with Gasteiger partial charge in [-0.1, -0.05) is 0 Å². The molecule has 3 aliphatic rings. The molecule has 1 saturated carbocycles. The molecule has 0 spiro atoms. The first-order valence-corrected chi connectivity index (χ1v) is 15.1. The maximum atomic E-state index is 13.6. The summed E-state index contributed by atoms with van der Waals surface area (Å²) >= 11 is 0. The van der Waals surface area contributed by atoms with Gasteiger partial charge in [0, 0.05) is 55.1 Å². The molecule has 6 heterocycles. The molecule has 0 unspecified atom stereocenters. The summed E-state index contributed by atoms with van der Waals surface area (Å²) in [6.45, 7) is 3.47. The number of rotatable bonds is 8. The Bertz CT molecular complexity index is 1660. The Morgan fingerprint density at radius 3 is 2.64 bits per heavy atom. The lowest BCUT2D eigenvalue weighted by atomic mass is 9.82. The van der Waals surface area contributed by atoms with Crippen molar-refractivity contribution < 1.29 is 17.9 Å². The Labute approximate surface area is 252 Å². The molecule has 4 aromatic heterocycles. The molecular formula is C30H33F3N10O. The molecule has 44 heavy (non-hydrogen) atoms. The summed E-state index contributed by atoms with van der Waals surface area (Å²) in [5, 5.41) is 15.2. The highest BCUT2D eigenvalue weighted by atomic mass is 19.4. The zero-order valence-electron chi connectivity index (χ0n) is 24.2. The van der Waals surface area contributed by atoms with Gasteiger partial charge < -0.3 is 9.72 Å². The summed E-state index contributed by atoms with van der Waals surface area (Å²) in [5.41, 5.74) is 2.33. The highest BCUT2D eigenvalue weighted by Gasteiger charge is 2.48. The third-order valence-electron chi connectivity index (χ3n) is 9.14. The van der Waals surface area contributed by atoms with Gasteiger partial charge in [-0.2, -0.15) is 28.5 Å². The van der Waals surface area contributed by atoms with Crippen molar-refractivity contribution in [3.8, 4) is 23.2 Å². The Hall–Kier alpha value is -4.09. The van der Waals surface area contributed by atoms with E-state index in [2.05, 4.69) is 45.9 Å². The van der Waals surface area contributed by atoms with Crippen LogP contribution in [0.3, 0.4) is 0 Å². The van der Waals surface area contributed by atoms with Gasteiger partial charge >= 0.3 is 6.18 Å². The normalized spacial score (nSPS) is 22.6. The predicted molar refractivity (Wildman–Crippen MR) is 153 cm³/mol. The quantitative estimate of drug-likeness (QED) is 0.308. The van der Waals surface area contributed by atoms with E-state index in [1.54, 1.807) is 12.3 Å². The monoisotopic (exact) mass is 606 g/mol. The predicted octanol–water partition coefficient (Wildman–Crippen LogP) is 4.54. The third kappa shape index (κ3) is 5.61. The van der Waals surface area contributed by atoms with Gasteiger partial charge in [-0.05, 0) is 57.7 Å². The van der Waals surface area contributed by atoms with Crippen molar-refractivity contribution in [2.24, 2.45) is 0 Å². The Morgan fingerprint density at radius 2 is 1.89 bits per heavy atom. The third-order valence-corrected chi connectivity index (χ3v) is 9.14. The maximum absolute atomic E-state index is 13.6. The second-order valence-corrected chi connectivity index (χ2v) is 12.2. The summed E-state index contributed by atoms with van der Waals surface area (Å²) in [5.74, 6) is -1.15. The van der Waals surface area contributed by atoms with Crippen LogP contribution in [0.5, 0.6) is 5.88 Å². The second kappa shape index (κ2) is 11.4. The molecule has 2 aliphatic heterocycles. The van der Waals surface area contributed by atoms with Crippen LogP contribution in [-0.4, -0.2) is 82.8 Å². The van der Waals surface area contributed by atoms with Crippen molar-refractivity contribution in [3.05, 3.63) is 48.6 Å². The van der Waals surface area contributed by atoms with Gasteiger partial charge in [0.2, 0.25) is 11.7 Å². The van der Waals surface area contributed by atoms with Gasteiger partial charge in [-0.3, -0.25) is 14.5 Å². The number of halogens is 3. The van der Waals surface area contributed by atoms with E-state index in [-0.39, 0.29) is 12.0 Å². The number of aromatic amines is 1. The topological polar surface area (TPSA) is 125 Å². The molecule has 0 atom stereocenters. The van der Waals surface area contributed by atoms with Gasteiger partial charge in [-0.25, -0.2) is 15.0 Å². The number of fused-ring (bicyclic) bond motifs is 1. The number of hydrogen-bond acceptors (Lipinski definition) is 9. The highest BCUT2D eigenvalue weighted by Crippen LogP contribution is 2.39. The molecule has 0 aromatic carbocycles. The molecule has 4 aromatic rings. The lowest BCUT2D eigenvalue weighted by Crippen LogP contribution is -2.65. The summed E-state index contributed by atoms with van der Waals surface area (Å²) in [6, 6.07) is 6.15. The Balaban J connectivity index is 0.984. The summed E-state index contributed by atoms with van der Waals surface area (Å²) < 4.78 is 48.7. The van der Waals surface area contributed by atoms with Crippen LogP contribution >= 0.6 is 0 Å². The summed E-state index contributed by atoms with van der Waals surface area (Å²) in [4.78, 5) is 23.8. The summed E-state index contributed by atoms with van der Waals surface area (Å²) in [6.07, 6.45) is 7.80. The van der Waals surface area contributed by atoms with E-state index >= 15 is 0 Å². The van der Waals surface area contributed by atoms with Crippen LogP contribution in [0.2, 0.25) is 0 Å². The number of nitrogens with one attached hydrogen (secondary N) is 1. The standard InChI is InChI=1S/C30H33F3N10O/c31-30(32,33)28-39-21(16-41-11-1-2-12-41)13-25(40-28)44-23-5-3-22(4-6-23)42-17-29(18-42,8-9-34)43-15-20(14-38-43)26-24-7-10-35-27(24)37-19-36-26/h7,10,13-15,19,22-23H,1-6,8,11-12,16-18H2,(H,35,36,37)/t22-,23+. The number of aromatic nitrogens is 7. The number of alkyl halides is 3. The number of likely N-dealkylation sites (tertiary alicyclic amines) is 2. The molecule has 0 bridgehead atoms. The van der Waals surface area contributed by atoms with Crippen molar-refractivity contribution in [2.45, 2.75) is 75.4 Å². The van der Waals surface area contributed by atoms with Crippen LogP contribution in [0, 0.1) is 11.3 Å². The first kappa shape index (κ1) is 28.7. The highest BCUT2D eigenvalue weighted by molar-refractivity contribution is 5.90. The number of nitrogens with zero attached hydrogens (tertiary/aromatic N) is 9. The molecule has 230 valence electrons. The maximum Gasteiger partial charge on any atom is 0.451 e. The van der Waals surface area contributed by atoms with E-state index in [0.29, 0.717) is 50.6 Å². The van der Waals surface area contributed by atoms with Crippen LogP contribution in [0.4, 0.5) is 13.2 Å². The number of H-pyrrole nitrogens is 1. The zero-order valence-corrected chi connectivity index (χ0v) is 24.2.